The lowest BCUT2D eigenvalue weighted by molar-refractivity contribution is -0.118. The minimum Gasteiger partial charge on any atom is -0.465 e. The third kappa shape index (κ3) is 5.76. The normalized spacial score (nSPS) is 14.8. The van der Waals surface area contributed by atoms with E-state index >= 15 is 0 Å². The van der Waals surface area contributed by atoms with Gasteiger partial charge in [0, 0.05) is 31.4 Å². The number of amides is 2. The molecule has 190 valence electrons. The number of ether oxygens (including phenoxy) is 1. The van der Waals surface area contributed by atoms with Gasteiger partial charge in [-0.25, -0.2) is 4.79 Å². The Labute approximate surface area is 216 Å². The zero-order valence-corrected chi connectivity index (χ0v) is 21.4. The number of carbonyl (C=O) groups is 3. The van der Waals surface area contributed by atoms with Gasteiger partial charge in [-0.05, 0) is 61.6 Å². The number of nitrogens with zero attached hydrogens (tertiary/aromatic N) is 3. The van der Waals surface area contributed by atoms with Crippen LogP contribution in [0, 0.1) is 0 Å². The van der Waals surface area contributed by atoms with Gasteiger partial charge in [-0.2, -0.15) is 0 Å². The second kappa shape index (κ2) is 11.2. The highest BCUT2D eigenvalue weighted by Crippen LogP contribution is 2.37. The highest BCUT2D eigenvalue weighted by atomic mass is 16.5. The molecule has 1 unspecified atom stereocenters. The number of esters is 1. The SMILES string of the molecule is COC(=O)c1ccc2c(c1)NC(=O)C2C(=Nc1ccc(N(C)C(=O)CCN(C)C)cc1)c1ccccc1. The predicted molar refractivity (Wildman–Crippen MR) is 145 cm³/mol. The van der Waals surface area contributed by atoms with Crippen LogP contribution >= 0.6 is 0 Å². The first-order chi connectivity index (χ1) is 17.8. The van der Waals surface area contributed by atoms with E-state index in [4.69, 9.17) is 9.73 Å². The predicted octanol–water partition coefficient (Wildman–Crippen LogP) is 4.24. The molecular formula is C29H30N4O4. The van der Waals surface area contributed by atoms with Crippen LogP contribution in [0.2, 0.25) is 0 Å². The Bertz CT molecular complexity index is 1330. The molecule has 3 aromatic rings. The highest BCUT2D eigenvalue weighted by Gasteiger charge is 2.36. The zero-order chi connectivity index (χ0) is 26.5. The van der Waals surface area contributed by atoms with E-state index in [1.807, 2.05) is 73.6 Å². The lowest BCUT2D eigenvalue weighted by atomic mass is 9.90. The van der Waals surface area contributed by atoms with Gasteiger partial charge in [0.1, 0.15) is 5.92 Å². The van der Waals surface area contributed by atoms with Crippen molar-refractivity contribution in [2.75, 3.05) is 45.0 Å². The third-order valence-corrected chi connectivity index (χ3v) is 6.28. The Morgan fingerprint density at radius 3 is 2.30 bits per heavy atom. The van der Waals surface area contributed by atoms with Gasteiger partial charge in [-0.3, -0.25) is 14.6 Å². The molecule has 8 nitrogen and oxygen atoms in total. The standard InChI is InChI=1S/C29H30N4O4/c1-32(2)17-16-25(34)33(3)22-13-11-21(12-14-22)30-27(19-8-6-5-7-9-19)26-23-15-10-20(29(36)37-4)18-24(23)31-28(26)35/h5-15,18,26H,16-17H2,1-4H3,(H,31,35). The van der Waals surface area contributed by atoms with Crippen molar-refractivity contribution >= 4 is 40.6 Å². The van der Waals surface area contributed by atoms with Crippen molar-refractivity contribution in [3.63, 3.8) is 0 Å². The number of anilines is 2. The zero-order valence-electron chi connectivity index (χ0n) is 21.4. The van der Waals surface area contributed by atoms with E-state index in [-0.39, 0.29) is 11.8 Å². The molecule has 1 N–H and O–H groups in total. The lowest BCUT2D eigenvalue weighted by Crippen LogP contribution is -2.29. The van der Waals surface area contributed by atoms with Gasteiger partial charge < -0.3 is 19.9 Å². The van der Waals surface area contributed by atoms with E-state index in [1.54, 1.807) is 30.1 Å². The molecule has 0 spiro atoms. The number of rotatable bonds is 8. The van der Waals surface area contributed by atoms with E-state index in [0.717, 1.165) is 16.8 Å². The van der Waals surface area contributed by atoms with E-state index in [0.29, 0.717) is 35.6 Å². The van der Waals surface area contributed by atoms with Crippen molar-refractivity contribution in [1.29, 1.82) is 0 Å². The lowest BCUT2D eigenvalue weighted by Gasteiger charge is -2.19. The third-order valence-electron chi connectivity index (χ3n) is 6.28. The van der Waals surface area contributed by atoms with E-state index in [9.17, 15) is 14.4 Å². The van der Waals surface area contributed by atoms with Crippen LogP contribution in [0.1, 0.15) is 33.8 Å². The maximum atomic E-state index is 13.2. The Morgan fingerprint density at radius 1 is 0.946 bits per heavy atom. The van der Waals surface area contributed by atoms with Crippen LogP contribution < -0.4 is 10.2 Å². The summed E-state index contributed by atoms with van der Waals surface area (Å²) < 4.78 is 4.81. The number of fused-ring (bicyclic) bond motifs is 1. The first-order valence-corrected chi connectivity index (χ1v) is 12.0. The highest BCUT2D eigenvalue weighted by molar-refractivity contribution is 6.24. The van der Waals surface area contributed by atoms with Crippen molar-refractivity contribution in [3.05, 3.63) is 89.5 Å². The molecule has 4 rings (SSSR count). The van der Waals surface area contributed by atoms with Crippen LogP contribution in [0.3, 0.4) is 0 Å². The summed E-state index contributed by atoms with van der Waals surface area (Å²) in [5, 5.41) is 2.88. The first-order valence-electron chi connectivity index (χ1n) is 12.0. The number of hydrogen-bond acceptors (Lipinski definition) is 6. The topological polar surface area (TPSA) is 91.3 Å². The minimum atomic E-state index is -0.654. The first kappa shape index (κ1) is 25.8. The Morgan fingerprint density at radius 2 is 1.65 bits per heavy atom. The van der Waals surface area contributed by atoms with Crippen LogP contribution in [-0.4, -0.2) is 63.2 Å². The summed E-state index contributed by atoms with van der Waals surface area (Å²) in [7, 11) is 6.95. The summed E-state index contributed by atoms with van der Waals surface area (Å²) in [4.78, 5) is 46.1. The van der Waals surface area contributed by atoms with Gasteiger partial charge in [0.2, 0.25) is 11.8 Å². The van der Waals surface area contributed by atoms with Gasteiger partial charge in [0.25, 0.3) is 0 Å². The molecule has 0 aromatic heterocycles. The Hall–Kier alpha value is -4.30. The quantitative estimate of drug-likeness (QED) is 0.371. The Kier molecular flexibility index (Phi) is 7.79. The molecule has 0 aliphatic carbocycles. The van der Waals surface area contributed by atoms with E-state index < -0.39 is 11.9 Å². The fourth-order valence-corrected chi connectivity index (χ4v) is 4.20. The molecular weight excluding hydrogens is 468 g/mol. The molecule has 0 saturated carbocycles. The summed E-state index contributed by atoms with van der Waals surface area (Å²) in [5.74, 6) is -1.32. The minimum absolute atomic E-state index is 0.0282. The molecule has 37 heavy (non-hydrogen) atoms. The van der Waals surface area contributed by atoms with Crippen molar-refractivity contribution in [3.8, 4) is 0 Å². The molecule has 1 heterocycles. The van der Waals surface area contributed by atoms with Crippen LogP contribution in [0.4, 0.5) is 17.1 Å². The maximum Gasteiger partial charge on any atom is 0.337 e. The summed E-state index contributed by atoms with van der Waals surface area (Å²) in [5.41, 5.74) is 4.49. The van der Waals surface area contributed by atoms with Gasteiger partial charge >= 0.3 is 5.97 Å². The number of carbonyl (C=O) groups excluding carboxylic acids is 3. The van der Waals surface area contributed by atoms with Gasteiger partial charge in [-0.15, -0.1) is 0 Å². The molecule has 8 heteroatoms. The smallest absolute Gasteiger partial charge is 0.337 e. The van der Waals surface area contributed by atoms with Crippen molar-refractivity contribution in [2.24, 2.45) is 4.99 Å². The van der Waals surface area contributed by atoms with Gasteiger partial charge in [0.05, 0.1) is 24.1 Å². The molecule has 0 saturated heterocycles. The molecule has 2 amide bonds. The van der Waals surface area contributed by atoms with Crippen LogP contribution in [0.15, 0.2) is 77.8 Å². The van der Waals surface area contributed by atoms with Crippen LogP contribution in [0.25, 0.3) is 0 Å². The summed E-state index contributed by atoms with van der Waals surface area (Å²) in [6.45, 7) is 0.679. The van der Waals surface area contributed by atoms with Crippen molar-refractivity contribution < 1.29 is 19.1 Å². The van der Waals surface area contributed by atoms with E-state index in [1.165, 1.54) is 7.11 Å². The molecule has 1 aliphatic rings. The second-order valence-corrected chi connectivity index (χ2v) is 9.10. The van der Waals surface area contributed by atoms with Gasteiger partial charge in [0.15, 0.2) is 0 Å². The monoisotopic (exact) mass is 498 g/mol. The number of hydrogen-bond donors (Lipinski definition) is 1. The molecule has 1 atom stereocenters. The van der Waals surface area contributed by atoms with Crippen molar-refractivity contribution in [1.82, 2.24) is 4.90 Å². The molecule has 0 bridgehead atoms. The van der Waals surface area contributed by atoms with Crippen LogP contribution in [0.5, 0.6) is 0 Å². The number of nitrogens with one attached hydrogen (secondary N) is 1. The summed E-state index contributed by atoms with van der Waals surface area (Å²) >= 11 is 0. The van der Waals surface area contributed by atoms with Crippen molar-refractivity contribution in [2.45, 2.75) is 12.3 Å². The molecule has 1 aliphatic heterocycles. The second-order valence-electron chi connectivity index (χ2n) is 9.10. The molecule has 0 fully saturated rings. The largest absolute Gasteiger partial charge is 0.465 e. The van der Waals surface area contributed by atoms with E-state index in [2.05, 4.69) is 5.32 Å². The average Bonchev–Trinajstić information content (AvgIpc) is 3.24. The number of benzene rings is 3. The fraction of sp³-hybridized carbons (Fsp3) is 0.241. The van der Waals surface area contributed by atoms with Crippen LogP contribution in [-0.2, 0) is 14.3 Å². The number of methoxy groups -OCH3 is 1. The fourth-order valence-electron chi connectivity index (χ4n) is 4.20. The molecule has 3 aromatic carbocycles. The Balaban J connectivity index is 1.67. The number of aliphatic imine (C=N–C) groups is 1. The average molecular weight is 499 g/mol. The summed E-state index contributed by atoms with van der Waals surface area (Å²) in [6, 6.07) is 21.9. The molecule has 0 radical (unpaired) electrons. The summed E-state index contributed by atoms with van der Waals surface area (Å²) in [6.07, 6.45) is 0.426. The maximum absolute atomic E-state index is 13.2. The van der Waals surface area contributed by atoms with Gasteiger partial charge in [-0.1, -0.05) is 36.4 Å².